The fourth-order valence-electron chi connectivity index (χ4n) is 5.13. The number of anilines is 1. The van der Waals surface area contributed by atoms with Crippen LogP contribution in [0.1, 0.15) is 98.2 Å². The lowest BCUT2D eigenvalue weighted by Gasteiger charge is -2.42. The van der Waals surface area contributed by atoms with Crippen LogP contribution in [0.3, 0.4) is 0 Å². The topological polar surface area (TPSA) is 145 Å². The number of benzene rings is 1. The van der Waals surface area contributed by atoms with Gasteiger partial charge in [-0.15, -0.1) is 5.06 Å². The predicted octanol–water partition coefficient (Wildman–Crippen LogP) is 7.98. The molecule has 1 aliphatic rings. The highest BCUT2D eigenvalue weighted by Gasteiger charge is 2.43. The van der Waals surface area contributed by atoms with E-state index < -0.39 is 62.5 Å². The van der Waals surface area contributed by atoms with Crippen molar-refractivity contribution in [3.05, 3.63) is 47.4 Å². The van der Waals surface area contributed by atoms with Crippen LogP contribution < -0.4 is 4.31 Å². The Labute approximate surface area is 323 Å². The standard InChI is InChI=1S/C38H59FN4O8SSi2/c1-25(2)34-30(35(26-15-17-27(39)18-16-26)41-36(40-34)42(9)52(10,47)48)20-19-28(50-53(11,12)37(3,4)5)23-29(51-54(13,14)38(6,7)8)24-33(46)49-43-31(44)21-22-32(43)45/h15-20,25,28-29H,21-24H2,1-14H3/b20-19+/t28-,29+/m0/s1. The zero-order valence-corrected chi connectivity index (χ0v) is 37.2. The van der Waals surface area contributed by atoms with Gasteiger partial charge in [0.1, 0.15) is 5.82 Å². The number of sulfonamides is 1. The molecule has 1 aromatic heterocycles. The summed E-state index contributed by atoms with van der Waals surface area (Å²) in [6, 6.07) is 5.79. The second kappa shape index (κ2) is 16.8. The smallest absolute Gasteiger partial charge is 0.335 e. The first-order valence-corrected chi connectivity index (χ1v) is 25.9. The van der Waals surface area contributed by atoms with Crippen molar-refractivity contribution >= 4 is 56.5 Å². The Morgan fingerprint density at radius 2 is 1.46 bits per heavy atom. The second-order valence-electron chi connectivity index (χ2n) is 17.3. The number of hydrogen-bond donors (Lipinski definition) is 0. The molecule has 2 heterocycles. The van der Waals surface area contributed by atoms with Gasteiger partial charge in [-0.05, 0) is 66.4 Å². The summed E-state index contributed by atoms with van der Waals surface area (Å²) < 4.78 is 54.1. The summed E-state index contributed by atoms with van der Waals surface area (Å²) in [5, 5.41) is 0.147. The number of carbonyl (C=O) groups excluding carboxylic acids is 3. The first-order valence-electron chi connectivity index (χ1n) is 18.3. The average Bonchev–Trinajstić information content (AvgIpc) is 3.33. The number of imide groups is 1. The number of hydroxylamine groups is 2. The first-order chi connectivity index (χ1) is 24.5. The minimum Gasteiger partial charge on any atom is -0.413 e. The number of carbonyl (C=O) groups is 3. The Balaban J connectivity index is 2.21. The van der Waals surface area contributed by atoms with E-state index in [1.807, 2.05) is 26.0 Å². The Kier molecular flexibility index (Phi) is 14.0. The molecule has 0 radical (unpaired) electrons. The fraction of sp³-hybridized carbons (Fsp3) is 0.605. The summed E-state index contributed by atoms with van der Waals surface area (Å²) in [7, 11) is -7.31. The van der Waals surface area contributed by atoms with E-state index in [-0.39, 0.29) is 47.6 Å². The van der Waals surface area contributed by atoms with Crippen molar-refractivity contribution in [1.82, 2.24) is 15.0 Å². The quantitative estimate of drug-likeness (QED) is 0.128. The Bertz CT molecular complexity index is 1820. The van der Waals surface area contributed by atoms with E-state index >= 15 is 0 Å². The van der Waals surface area contributed by atoms with Gasteiger partial charge in [-0.25, -0.2) is 31.9 Å². The lowest BCUT2D eigenvalue weighted by Crippen LogP contribution is -2.47. The van der Waals surface area contributed by atoms with Gasteiger partial charge in [0.2, 0.25) is 16.0 Å². The van der Waals surface area contributed by atoms with Gasteiger partial charge in [-0.1, -0.05) is 67.5 Å². The van der Waals surface area contributed by atoms with E-state index in [0.29, 0.717) is 27.6 Å². The molecule has 0 saturated carbocycles. The summed E-state index contributed by atoms with van der Waals surface area (Å²) in [6.07, 6.45) is 3.44. The van der Waals surface area contributed by atoms with Gasteiger partial charge in [-0.3, -0.25) is 9.59 Å². The van der Waals surface area contributed by atoms with Crippen LogP contribution in [0.15, 0.2) is 30.3 Å². The molecule has 0 aliphatic carbocycles. The van der Waals surface area contributed by atoms with Crippen LogP contribution in [-0.4, -0.2) is 83.4 Å². The van der Waals surface area contributed by atoms with Crippen molar-refractivity contribution in [3.8, 4) is 11.3 Å². The van der Waals surface area contributed by atoms with E-state index in [9.17, 15) is 27.2 Å². The molecule has 0 bridgehead atoms. The van der Waals surface area contributed by atoms with Crippen LogP contribution in [0.2, 0.25) is 36.3 Å². The minimum atomic E-state index is -3.71. The third kappa shape index (κ3) is 11.4. The molecule has 2 aromatic rings. The Morgan fingerprint density at radius 3 is 1.94 bits per heavy atom. The van der Waals surface area contributed by atoms with Crippen molar-refractivity contribution < 1.29 is 40.9 Å². The maximum Gasteiger partial charge on any atom is 0.335 e. The minimum absolute atomic E-state index is 0.0171. The van der Waals surface area contributed by atoms with Crippen LogP contribution >= 0.6 is 0 Å². The average molecular weight is 807 g/mol. The second-order valence-corrected chi connectivity index (χ2v) is 28.9. The molecule has 0 unspecified atom stereocenters. The number of halogens is 1. The van der Waals surface area contributed by atoms with Crippen LogP contribution in [0.5, 0.6) is 0 Å². The molecule has 16 heteroatoms. The number of aromatic nitrogens is 2. The molecule has 1 aliphatic heterocycles. The number of rotatable bonds is 15. The molecule has 0 spiro atoms. The Hall–Kier alpha value is -3.32. The molecule has 0 N–H and O–H groups in total. The van der Waals surface area contributed by atoms with E-state index in [0.717, 1.165) is 10.6 Å². The Morgan fingerprint density at radius 1 is 0.944 bits per heavy atom. The summed E-state index contributed by atoms with van der Waals surface area (Å²) in [4.78, 5) is 52.6. The third-order valence-electron chi connectivity index (χ3n) is 10.5. The van der Waals surface area contributed by atoms with Gasteiger partial charge in [0.25, 0.3) is 11.8 Å². The molecule has 2 amide bonds. The van der Waals surface area contributed by atoms with E-state index in [1.165, 1.54) is 19.2 Å². The van der Waals surface area contributed by atoms with Crippen molar-refractivity contribution in [1.29, 1.82) is 0 Å². The van der Waals surface area contributed by atoms with Crippen LogP contribution in [-0.2, 0) is 38.1 Å². The molecule has 300 valence electrons. The highest BCUT2D eigenvalue weighted by atomic mass is 32.2. The first kappa shape index (κ1) is 45.1. The molecule has 1 aromatic carbocycles. The molecule has 1 fully saturated rings. The van der Waals surface area contributed by atoms with E-state index in [1.54, 1.807) is 12.1 Å². The maximum absolute atomic E-state index is 14.1. The number of hydrogen-bond acceptors (Lipinski definition) is 10. The van der Waals surface area contributed by atoms with Crippen LogP contribution in [0, 0.1) is 5.82 Å². The van der Waals surface area contributed by atoms with E-state index in [4.69, 9.17) is 23.7 Å². The zero-order valence-electron chi connectivity index (χ0n) is 34.4. The predicted molar refractivity (Wildman–Crippen MR) is 214 cm³/mol. The molecule has 2 atom stereocenters. The SMILES string of the molecule is CC(C)c1nc(N(C)S(C)(=O)=O)nc(-c2ccc(F)cc2)c1/C=C/[C@@H](C[C@H](CC(=O)ON1C(=O)CCC1=O)O[Si](C)(C)C(C)(C)C)O[Si](C)(C)C(C)(C)C. The van der Waals surface area contributed by atoms with Crippen molar-refractivity contribution in [3.63, 3.8) is 0 Å². The van der Waals surface area contributed by atoms with Gasteiger partial charge >= 0.3 is 5.97 Å². The maximum atomic E-state index is 14.1. The molecule has 3 rings (SSSR count). The normalized spacial score (nSPS) is 16.0. The lowest BCUT2D eigenvalue weighted by molar-refractivity contribution is -0.198. The largest absolute Gasteiger partial charge is 0.413 e. The van der Waals surface area contributed by atoms with Gasteiger partial charge in [0.15, 0.2) is 16.6 Å². The van der Waals surface area contributed by atoms with Crippen molar-refractivity contribution in [2.24, 2.45) is 0 Å². The summed E-state index contributed by atoms with van der Waals surface area (Å²) in [5.74, 6) is -2.54. The number of amides is 2. The highest BCUT2D eigenvalue weighted by Crippen LogP contribution is 2.41. The van der Waals surface area contributed by atoms with Gasteiger partial charge < -0.3 is 13.7 Å². The number of nitrogens with zero attached hydrogens (tertiary/aromatic N) is 4. The monoisotopic (exact) mass is 806 g/mol. The molecule has 12 nitrogen and oxygen atoms in total. The van der Waals surface area contributed by atoms with Crippen molar-refractivity contribution in [2.45, 2.75) is 135 Å². The molecular weight excluding hydrogens is 748 g/mol. The van der Waals surface area contributed by atoms with Gasteiger partial charge in [0.05, 0.1) is 36.3 Å². The van der Waals surface area contributed by atoms with Gasteiger partial charge in [0, 0.05) is 37.4 Å². The molecule has 1 saturated heterocycles. The van der Waals surface area contributed by atoms with Gasteiger partial charge in [-0.2, -0.15) is 0 Å². The third-order valence-corrected chi connectivity index (χ3v) is 20.7. The van der Waals surface area contributed by atoms with Crippen molar-refractivity contribution in [2.75, 3.05) is 17.6 Å². The van der Waals surface area contributed by atoms with Crippen LogP contribution in [0.4, 0.5) is 10.3 Å². The van der Waals surface area contributed by atoms with Crippen LogP contribution in [0.25, 0.3) is 17.3 Å². The van der Waals surface area contributed by atoms with E-state index in [2.05, 4.69) is 67.7 Å². The summed E-state index contributed by atoms with van der Waals surface area (Å²) in [5.41, 5.74) is 2.12. The molecular formula is C38H59FN4O8SSi2. The highest BCUT2D eigenvalue weighted by molar-refractivity contribution is 7.92. The zero-order chi connectivity index (χ0) is 41.2. The summed E-state index contributed by atoms with van der Waals surface area (Å²) >= 11 is 0. The molecule has 54 heavy (non-hydrogen) atoms. The lowest BCUT2D eigenvalue weighted by atomic mass is 9.97. The summed E-state index contributed by atoms with van der Waals surface area (Å²) in [6.45, 7) is 24.9. The fourth-order valence-corrected chi connectivity index (χ4v) is 8.16.